The van der Waals surface area contributed by atoms with Crippen LogP contribution in [0.25, 0.3) is 0 Å². The summed E-state index contributed by atoms with van der Waals surface area (Å²) in [7, 11) is 0. The topological polar surface area (TPSA) is 112 Å². The molecular weight excluding hydrogens is 176 g/mol. The smallest absolute Gasteiger partial charge is 0 e. The number of hydrogen-bond acceptors (Lipinski definition) is 4. The van der Waals surface area contributed by atoms with Gasteiger partial charge in [-0.2, -0.15) is 0 Å². The summed E-state index contributed by atoms with van der Waals surface area (Å²) < 4.78 is 0. The quantitative estimate of drug-likeness (QED) is 0.223. The van der Waals surface area contributed by atoms with Crippen molar-refractivity contribution in [3.05, 3.63) is 0 Å². The summed E-state index contributed by atoms with van der Waals surface area (Å²) in [5.41, 5.74) is 0. The second-order valence-corrected chi connectivity index (χ2v) is 0. The summed E-state index contributed by atoms with van der Waals surface area (Å²) in [5.74, 6) is 0. The van der Waals surface area contributed by atoms with E-state index in [1.165, 1.54) is 0 Å². The van der Waals surface area contributed by atoms with Crippen LogP contribution in [-0.2, 0) is 21.1 Å². The number of hydrogen-bond donors (Lipinski definition) is 4. The molecule has 0 saturated heterocycles. The summed E-state index contributed by atoms with van der Waals surface area (Å²) >= 11 is 0. The normalized spacial score (nSPS) is 2.00. The molecule has 6 heteroatoms. The van der Waals surface area contributed by atoms with Crippen molar-refractivity contribution in [2.75, 3.05) is 0 Å². The van der Waals surface area contributed by atoms with Crippen LogP contribution >= 0.6 is 0 Å². The third-order valence-electron chi connectivity index (χ3n) is 0. The Morgan fingerprint density at radius 1 is 0.667 bits per heavy atom. The maximum absolute atomic E-state index is 6.00. The predicted octanol–water partition coefficient (Wildman–Crippen LogP) is -0.792. The molecule has 0 spiro atoms. The van der Waals surface area contributed by atoms with Crippen LogP contribution in [0, 0.1) is 0 Å². The maximum atomic E-state index is 6.00. The zero-order valence-electron chi connectivity index (χ0n) is 2.70. The molecule has 0 saturated carbocycles. The molecule has 0 aromatic carbocycles. The molecule has 0 unspecified atom stereocenters. The van der Waals surface area contributed by atoms with Crippen molar-refractivity contribution in [2.24, 2.45) is 0 Å². The molecule has 6 heavy (non-hydrogen) atoms. The van der Waals surface area contributed by atoms with Crippen molar-refractivity contribution in [1.82, 2.24) is 0 Å². The summed E-state index contributed by atoms with van der Waals surface area (Å²) in [5, 5.41) is 24.0. The molecule has 0 fully saturated rings. The standard InChI is InChI=1S/Mo.2H2O2.H2O/c;2*1-2;/h;2*1-2H;1H2. The molecule has 0 rings (SSSR count). The first kappa shape index (κ1) is 31.6. The van der Waals surface area contributed by atoms with E-state index in [1.807, 2.05) is 0 Å². The van der Waals surface area contributed by atoms with Gasteiger partial charge in [-0.1, -0.05) is 0 Å². The Kier molecular flexibility index (Phi) is 2440. The van der Waals surface area contributed by atoms with Gasteiger partial charge in [0.1, 0.15) is 0 Å². The van der Waals surface area contributed by atoms with Gasteiger partial charge in [-0.3, -0.25) is 21.0 Å². The third-order valence-corrected chi connectivity index (χ3v) is 0. The zero-order chi connectivity index (χ0) is 4.00. The number of rotatable bonds is 0. The van der Waals surface area contributed by atoms with Gasteiger partial charge in [-0.05, 0) is 0 Å². The first-order valence-corrected chi connectivity index (χ1v) is 0.400. The second-order valence-electron chi connectivity index (χ2n) is 0. The maximum Gasteiger partial charge on any atom is 0 e. The molecule has 0 aliphatic heterocycles. The molecule has 5 nitrogen and oxygen atoms in total. The fourth-order valence-corrected chi connectivity index (χ4v) is 0. The third kappa shape index (κ3) is 229. The monoisotopic (exact) mass is 184 g/mol. The van der Waals surface area contributed by atoms with Crippen LogP contribution in [0.1, 0.15) is 0 Å². The second kappa shape index (κ2) is 464. The molecule has 42 valence electrons. The van der Waals surface area contributed by atoms with Crippen molar-refractivity contribution in [3.8, 4) is 0 Å². The predicted molar refractivity (Wildman–Crippen MR) is 14.1 cm³/mol. The minimum absolute atomic E-state index is 0. The average Bonchev–Trinajstić information content (AvgIpc) is 1.50. The first-order valence-electron chi connectivity index (χ1n) is 0.400. The Morgan fingerprint density at radius 3 is 0.667 bits per heavy atom. The molecule has 0 aliphatic rings. The summed E-state index contributed by atoms with van der Waals surface area (Å²) in [6, 6.07) is 0. The van der Waals surface area contributed by atoms with E-state index in [-0.39, 0.29) is 26.5 Å². The van der Waals surface area contributed by atoms with E-state index >= 15 is 0 Å². The Hall–Kier alpha value is 0.488. The SMILES string of the molecule is O.OO.OO.[Mo]. The van der Waals surface area contributed by atoms with Gasteiger partial charge in [0, 0.05) is 21.1 Å². The van der Waals surface area contributed by atoms with Gasteiger partial charge < -0.3 is 5.48 Å². The van der Waals surface area contributed by atoms with Crippen molar-refractivity contribution in [2.45, 2.75) is 0 Å². The van der Waals surface area contributed by atoms with Gasteiger partial charge >= 0.3 is 0 Å². The van der Waals surface area contributed by atoms with Crippen LogP contribution in [0.2, 0.25) is 0 Å². The van der Waals surface area contributed by atoms with Crippen LogP contribution in [0.3, 0.4) is 0 Å². The van der Waals surface area contributed by atoms with Crippen molar-refractivity contribution in [1.29, 1.82) is 0 Å². The van der Waals surface area contributed by atoms with Crippen LogP contribution < -0.4 is 0 Å². The zero-order valence-corrected chi connectivity index (χ0v) is 4.70. The van der Waals surface area contributed by atoms with Gasteiger partial charge in [0.25, 0.3) is 0 Å². The average molecular weight is 182 g/mol. The molecule has 0 radical (unpaired) electrons. The molecule has 0 heterocycles. The largest absolute Gasteiger partial charge is 0.412 e. The van der Waals surface area contributed by atoms with E-state index in [1.54, 1.807) is 0 Å². The fraction of sp³-hybridized carbons (Fsp3) is 0. The molecule has 0 aliphatic carbocycles. The Bertz CT molecular complexity index is 3.90. The van der Waals surface area contributed by atoms with Gasteiger partial charge in [-0.15, -0.1) is 0 Å². The van der Waals surface area contributed by atoms with Gasteiger partial charge in [0.05, 0.1) is 0 Å². The molecule has 6 N–H and O–H groups in total. The van der Waals surface area contributed by atoms with E-state index in [0.29, 0.717) is 0 Å². The summed E-state index contributed by atoms with van der Waals surface area (Å²) in [4.78, 5) is 0. The van der Waals surface area contributed by atoms with Crippen molar-refractivity contribution in [3.63, 3.8) is 0 Å². The van der Waals surface area contributed by atoms with Crippen LogP contribution in [0.5, 0.6) is 0 Å². The first-order chi connectivity index (χ1) is 2.00. The van der Waals surface area contributed by atoms with E-state index in [2.05, 4.69) is 0 Å². The minimum Gasteiger partial charge on any atom is -0.412 e. The Morgan fingerprint density at radius 2 is 0.667 bits per heavy atom. The van der Waals surface area contributed by atoms with Crippen molar-refractivity contribution >= 4 is 0 Å². The molecule has 0 aromatic heterocycles. The van der Waals surface area contributed by atoms with Crippen LogP contribution in [0.4, 0.5) is 0 Å². The van der Waals surface area contributed by atoms with E-state index in [0.717, 1.165) is 0 Å². The van der Waals surface area contributed by atoms with E-state index in [4.69, 9.17) is 21.0 Å². The summed E-state index contributed by atoms with van der Waals surface area (Å²) in [6.07, 6.45) is 0. The van der Waals surface area contributed by atoms with Crippen LogP contribution in [0.15, 0.2) is 0 Å². The van der Waals surface area contributed by atoms with E-state index in [9.17, 15) is 0 Å². The van der Waals surface area contributed by atoms with Gasteiger partial charge in [0.2, 0.25) is 0 Å². The Balaban J connectivity index is -0.00000000500. The van der Waals surface area contributed by atoms with Gasteiger partial charge in [-0.25, -0.2) is 0 Å². The minimum atomic E-state index is 0. The van der Waals surface area contributed by atoms with E-state index < -0.39 is 0 Å². The molecular formula is H6MoO5. The molecule has 0 bridgehead atoms. The molecule has 0 aromatic rings. The van der Waals surface area contributed by atoms with Crippen LogP contribution in [-0.4, -0.2) is 26.5 Å². The Labute approximate surface area is 48.3 Å². The fourth-order valence-electron chi connectivity index (χ4n) is 0. The van der Waals surface area contributed by atoms with Crippen molar-refractivity contribution < 1.29 is 47.6 Å². The summed E-state index contributed by atoms with van der Waals surface area (Å²) in [6.45, 7) is 0. The van der Waals surface area contributed by atoms with Gasteiger partial charge in [0.15, 0.2) is 0 Å². The molecule has 0 amide bonds. The molecule has 0 atom stereocenters.